The lowest BCUT2D eigenvalue weighted by Crippen LogP contribution is -2.49. The zero-order chi connectivity index (χ0) is 23.2. The topological polar surface area (TPSA) is 112 Å². The number of aromatic nitrogens is 1. The molecule has 1 N–H and O–H groups in total. The summed E-state index contributed by atoms with van der Waals surface area (Å²) >= 11 is 1.54. The van der Waals surface area contributed by atoms with Crippen LogP contribution in [0.4, 0.5) is 5.82 Å². The minimum Gasteiger partial charge on any atom is -0.491 e. The molecule has 172 valence electrons. The summed E-state index contributed by atoms with van der Waals surface area (Å²) < 4.78 is 15.9. The van der Waals surface area contributed by atoms with Crippen molar-refractivity contribution in [2.24, 2.45) is 11.8 Å². The van der Waals surface area contributed by atoms with Crippen molar-refractivity contribution in [3.8, 4) is 29.0 Å². The van der Waals surface area contributed by atoms with Crippen LogP contribution in [0.25, 0.3) is 11.1 Å². The highest BCUT2D eigenvalue weighted by molar-refractivity contribution is 7.99. The second kappa shape index (κ2) is 10.9. The predicted octanol–water partition coefficient (Wildman–Crippen LogP) is 2.68. The number of nitrogens with zero attached hydrogens (tertiary/aromatic N) is 4. The van der Waals surface area contributed by atoms with E-state index in [1.165, 1.54) is 11.8 Å². The molecule has 0 amide bonds. The van der Waals surface area contributed by atoms with Crippen molar-refractivity contribution < 1.29 is 19.3 Å². The lowest BCUT2D eigenvalue weighted by atomic mass is 9.94. The van der Waals surface area contributed by atoms with Gasteiger partial charge in [0.1, 0.15) is 40.9 Å². The summed E-state index contributed by atoms with van der Waals surface area (Å²) in [6.07, 6.45) is 0. The zero-order valence-corrected chi connectivity index (χ0v) is 19.3. The van der Waals surface area contributed by atoms with Crippen LogP contribution >= 0.6 is 11.8 Å². The Balaban J connectivity index is 1.72. The third-order valence-electron chi connectivity index (χ3n) is 5.75. The Kier molecular flexibility index (Phi) is 7.69. The van der Waals surface area contributed by atoms with E-state index in [-0.39, 0.29) is 12.5 Å². The monoisotopic (exact) mass is 466 g/mol. The van der Waals surface area contributed by atoms with Gasteiger partial charge in [-0.3, -0.25) is 0 Å². The summed E-state index contributed by atoms with van der Waals surface area (Å²) in [7, 11) is 1.62. The van der Waals surface area contributed by atoms with Crippen LogP contribution in [0, 0.1) is 34.5 Å². The Bertz CT molecular complexity index is 1050. The van der Waals surface area contributed by atoms with Gasteiger partial charge in [0.2, 0.25) is 0 Å². The maximum absolute atomic E-state index is 10.1. The van der Waals surface area contributed by atoms with E-state index in [0.717, 1.165) is 24.5 Å². The van der Waals surface area contributed by atoms with Crippen molar-refractivity contribution in [2.75, 3.05) is 63.9 Å². The van der Waals surface area contributed by atoms with Crippen LogP contribution in [-0.4, -0.2) is 69.1 Å². The van der Waals surface area contributed by atoms with Crippen LogP contribution < -0.4 is 9.64 Å². The van der Waals surface area contributed by atoms with Gasteiger partial charge in [-0.15, -0.1) is 11.8 Å². The summed E-state index contributed by atoms with van der Waals surface area (Å²) in [5.41, 5.74) is 2.15. The molecule has 0 radical (unpaired) electrons. The first-order valence-electron chi connectivity index (χ1n) is 10.8. The van der Waals surface area contributed by atoms with E-state index >= 15 is 0 Å². The normalized spacial score (nSPS) is 15.9. The largest absolute Gasteiger partial charge is 0.491 e. The summed E-state index contributed by atoms with van der Waals surface area (Å²) in [6.45, 7) is 3.75. The van der Waals surface area contributed by atoms with Gasteiger partial charge in [0.25, 0.3) is 0 Å². The third kappa shape index (κ3) is 5.07. The second-order valence-corrected chi connectivity index (χ2v) is 9.13. The van der Waals surface area contributed by atoms with E-state index in [0.29, 0.717) is 65.5 Å². The molecular weight excluding hydrogens is 440 g/mol. The summed E-state index contributed by atoms with van der Waals surface area (Å²) in [4.78, 5) is 6.77. The van der Waals surface area contributed by atoms with E-state index < -0.39 is 0 Å². The van der Waals surface area contributed by atoms with Crippen LogP contribution in [0.15, 0.2) is 29.3 Å². The van der Waals surface area contributed by atoms with Gasteiger partial charge in [-0.05, 0) is 17.7 Å². The maximum atomic E-state index is 10.1. The Labute approximate surface area is 197 Å². The first kappa shape index (κ1) is 23.3. The van der Waals surface area contributed by atoms with Gasteiger partial charge in [0.05, 0.1) is 25.4 Å². The number of aliphatic hydroxyl groups is 1. The number of hydrogen-bond acceptors (Lipinski definition) is 9. The molecule has 1 aromatic carbocycles. The summed E-state index contributed by atoms with van der Waals surface area (Å²) in [5.74, 6) is 2.68. The fraction of sp³-hybridized carbons (Fsp3) is 0.458. The molecule has 2 saturated heterocycles. The van der Waals surface area contributed by atoms with Crippen molar-refractivity contribution in [1.82, 2.24) is 4.98 Å². The Morgan fingerprint density at radius 1 is 1.12 bits per heavy atom. The van der Waals surface area contributed by atoms with Gasteiger partial charge in [-0.1, -0.05) is 12.1 Å². The fourth-order valence-electron chi connectivity index (χ4n) is 3.78. The van der Waals surface area contributed by atoms with E-state index in [9.17, 15) is 15.6 Å². The average molecular weight is 467 g/mol. The number of rotatable bonds is 10. The van der Waals surface area contributed by atoms with E-state index in [2.05, 4.69) is 12.1 Å². The second-order valence-electron chi connectivity index (χ2n) is 8.12. The minimum atomic E-state index is 0.106. The quantitative estimate of drug-likeness (QED) is 0.417. The molecule has 8 nitrogen and oxygen atoms in total. The average Bonchev–Trinajstić information content (AvgIpc) is 2.77. The van der Waals surface area contributed by atoms with Crippen LogP contribution in [0.2, 0.25) is 0 Å². The molecule has 4 rings (SSSR count). The summed E-state index contributed by atoms with van der Waals surface area (Å²) in [6, 6.07) is 12.0. The molecule has 0 aliphatic carbocycles. The van der Waals surface area contributed by atoms with Gasteiger partial charge < -0.3 is 24.2 Å². The molecule has 33 heavy (non-hydrogen) atoms. The smallest absolute Gasteiger partial charge is 0.148 e. The lowest BCUT2D eigenvalue weighted by molar-refractivity contribution is -0.0196. The SMILES string of the molecule is COCCOc1ccc(-c2c(C#N)c(SCC3COC3)nc(N3CC(CO)C3)c2C#N)cc1. The molecule has 2 aliphatic heterocycles. The highest BCUT2D eigenvalue weighted by atomic mass is 32.2. The van der Waals surface area contributed by atoms with Gasteiger partial charge in [-0.2, -0.15) is 10.5 Å². The number of hydrogen-bond donors (Lipinski definition) is 1. The van der Waals surface area contributed by atoms with Crippen molar-refractivity contribution in [3.05, 3.63) is 35.4 Å². The Hall–Kier alpha value is -2.82. The number of pyridine rings is 1. The molecule has 0 spiro atoms. The molecular formula is C24H26N4O4S. The summed E-state index contributed by atoms with van der Waals surface area (Å²) in [5, 5.41) is 30.2. The fourth-order valence-corrected chi connectivity index (χ4v) is 4.81. The number of anilines is 1. The van der Waals surface area contributed by atoms with Crippen LogP contribution in [0.3, 0.4) is 0 Å². The zero-order valence-electron chi connectivity index (χ0n) is 18.5. The van der Waals surface area contributed by atoms with Crippen molar-refractivity contribution >= 4 is 17.6 Å². The molecule has 1 aromatic heterocycles. The number of methoxy groups -OCH3 is 1. The highest BCUT2D eigenvalue weighted by Crippen LogP contribution is 2.40. The maximum Gasteiger partial charge on any atom is 0.148 e. The van der Waals surface area contributed by atoms with E-state index in [1.54, 1.807) is 7.11 Å². The first-order chi connectivity index (χ1) is 16.2. The van der Waals surface area contributed by atoms with Gasteiger partial charge in [0.15, 0.2) is 0 Å². The molecule has 2 fully saturated rings. The Morgan fingerprint density at radius 3 is 2.42 bits per heavy atom. The molecule has 2 aliphatic rings. The number of ether oxygens (including phenoxy) is 3. The van der Waals surface area contributed by atoms with Crippen molar-refractivity contribution in [2.45, 2.75) is 5.03 Å². The molecule has 0 unspecified atom stereocenters. The first-order valence-corrected chi connectivity index (χ1v) is 11.8. The molecule has 2 aromatic rings. The lowest BCUT2D eigenvalue weighted by Gasteiger charge is -2.40. The van der Waals surface area contributed by atoms with Crippen molar-refractivity contribution in [3.63, 3.8) is 0 Å². The van der Waals surface area contributed by atoms with E-state index in [1.807, 2.05) is 29.2 Å². The molecule has 0 atom stereocenters. The molecule has 0 bridgehead atoms. The Morgan fingerprint density at radius 2 is 1.85 bits per heavy atom. The number of nitriles is 2. The molecule has 9 heteroatoms. The minimum absolute atomic E-state index is 0.106. The van der Waals surface area contributed by atoms with Crippen molar-refractivity contribution in [1.29, 1.82) is 10.5 Å². The van der Waals surface area contributed by atoms with Gasteiger partial charge in [0, 0.05) is 50.0 Å². The van der Waals surface area contributed by atoms with Gasteiger partial charge in [-0.25, -0.2) is 4.98 Å². The highest BCUT2D eigenvalue weighted by Gasteiger charge is 2.32. The number of thioether (sulfide) groups is 1. The van der Waals surface area contributed by atoms with E-state index in [4.69, 9.17) is 19.2 Å². The number of benzene rings is 1. The van der Waals surface area contributed by atoms with Gasteiger partial charge >= 0.3 is 0 Å². The predicted molar refractivity (Wildman–Crippen MR) is 124 cm³/mol. The standard InChI is InChI=1S/C24H26N4O4S/c1-30-6-7-32-19-4-2-18(3-5-19)22-20(8-25)23(28-10-16(11-28)12-29)27-24(21(22)9-26)33-15-17-13-31-14-17/h2-5,16-17,29H,6-7,10-15H2,1H3. The molecule has 0 saturated carbocycles. The van der Waals surface area contributed by atoms with Crippen LogP contribution in [0.5, 0.6) is 5.75 Å². The molecule has 3 heterocycles. The van der Waals surface area contributed by atoms with Crippen LogP contribution in [-0.2, 0) is 9.47 Å². The van der Waals surface area contributed by atoms with Crippen LogP contribution in [0.1, 0.15) is 11.1 Å². The number of aliphatic hydroxyl groups excluding tert-OH is 1. The third-order valence-corrected chi connectivity index (χ3v) is 6.95.